The zero-order valence-corrected chi connectivity index (χ0v) is 12.7. The third-order valence-corrected chi connectivity index (χ3v) is 6.18. The Labute approximate surface area is 123 Å². The van der Waals surface area contributed by atoms with Gasteiger partial charge in [0.05, 0.1) is 10.8 Å². The molecule has 1 aromatic rings. The van der Waals surface area contributed by atoms with Crippen molar-refractivity contribution in [2.24, 2.45) is 5.92 Å². The predicted octanol–water partition coefficient (Wildman–Crippen LogP) is 2.01. The summed E-state index contributed by atoms with van der Waals surface area (Å²) < 4.78 is 40.2. The minimum absolute atomic E-state index is 0.0575. The van der Waals surface area contributed by atoms with E-state index in [0.717, 1.165) is 0 Å². The summed E-state index contributed by atoms with van der Waals surface area (Å²) in [7, 11) is -3.90. The third kappa shape index (κ3) is 2.80. The monoisotopic (exact) mass is 315 g/mol. The Hall–Kier alpha value is -1.47. The highest BCUT2D eigenvalue weighted by molar-refractivity contribution is 7.89. The summed E-state index contributed by atoms with van der Waals surface area (Å²) in [4.78, 5) is 11.1. The summed E-state index contributed by atoms with van der Waals surface area (Å²) in [6.07, 6.45) is 0.930. The molecule has 7 heteroatoms. The van der Waals surface area contributed by atoms with Crippen LogP contribution in [0.2, 0.25) is 0 Å². The molecular weight excluding hydrogens is 297 g/mol. The van der Waals surface area contributed by atoms with Crippen molar-refractivity contribution in [2.75, 3.05) is 6.54 Å². The van der Waals surface area contributed by atoms with Gasteiger partial charge in [-0.15, -0.1) is 0 Å². The zero-order valence-electron chi connectivity index (χ0n) is 11.9. The number of benzene rings is 1. The molecule has 21 heavy (non-hydrogen) atoms. The van der Waals surface area contributed by atoms with E-state index in [4.69, 9.17) is 0 Å². The van der Waals surface area contributed by atoms with Gasteiger partial charge in [0, 0.05) is 18.2 Å². The van der Waals surface area contributed by atoms with Gasteiger partial charge in [0.1, 0.15) is 5.82 Å². The number of carboxylic acid groups (broad SMARTS) is 1. The van der Waals surface area contributed by atoms with Gasteiger partial charge in [-0.25, -0.2) is 12.8 Å². The minimum atomic E-state index is -3.90. The number of piperidine rings is 1. The second kappa shape index (κ2) is 5.73. The lowest BCUT2D eigenvalue weighted by atomic mass is 9.92. The summed E-state index contributed by atoms with van der Waals surface area (Å²) >= 11 is 0. The number of aliphatic carboxylic acids is 1. The molecule has 0 amide bonds. The summed E-state index contributed by atoms with van der Waals surface area (Å²) in [6, 6.07) is 3.25. The van der Waals surface area contributed by atoms with Crippen LogP contribution in [0, 0.1) is 18.7 Å². The number of sulfonamides is 1. The molecule has 0 radical (unpaired) electrons. The Kier molecular flexibility index (Phi) is 4.34. The minimum Gasteiger partial charge on any atom is -0.481 e. The van der Waals surface area contributed by atoms with Gasteiger partial charge in [0.15, 0.2) is 0 Å². The lowest BCUT2D eigenvalue weighted by molar-refractivity contribution is -0.144. The molecule has 0 aliphatic carbocycles. The van der Waals surface area contributed by atoms with E-state index in [1.807, 2.05) is 0 Å². The smallest absolute Gasteiger partial charge is 0.308 e. The second-order valence-corrected chi connectivity index (χ2v) is 7.17. The maximum absolute atomic E-state index is 13.6. The van der Waals surface area contributed by atoms with E-state index in [1.54, 1.807) is 6.92 Å². The highest BCUT2D eigenvalue weighted by atomic mass is 32.2. The fourth-order valence-electron chi connectivity index (χ4n) is 2.77. The molecular formula is C14H18FNO4S. The van der Waals surface area contributed by atoms with E-state index in [9.17, 15) is 22.7 Å². The SMILES string of the molecule is Cc1c(F)cccc1S(=O)(=O)N1CCC[C@@H](C(=O)O)[C@H]1C. The fraction of sp³-hybridized carbons (Fsp3) is 0.500. The van der Waals surface area contributed by atoms with E-state index in [0.29, 0.717) is 12.8 Å². The van der Waals surface area contributed by atoms with Gasteiger partial charge in [-0.05, 0) is 38.8 Å². The molecule has 1 saturated heterocycles. The standard InChI is InChI=1S/C14H18FNO4S/c1-9-12(15)6-3-7-13(9)21(19,20)16-8-4-5-11(10(16)2)14(17)18/h3,6-7,10-11H,4-5,8H2,1-2H3,(H,17,18)/t10-,11-/m1/s1. The highest BCUT2D eigenvalue weighted by Crippen LogP contribution is 2.30. The van der Waals surface area contributed by atoms with Gasteiger partial charge < -0.3 is 5.11 Å². The number of carbonyl (C=O) groups is 1. The van der Waals surface area contributed by atoms with Crippen LogP contribution >= 0.6 is 0 Å². The predicted molar refractivity (Wildman–Crippen MR) is 74.9 cm³/mol. The zero-order chi connectivity index (χ0) is 15.8. The fourth-order valence-corrected chi connectivity index (χ4v) is 4.72. The van der Waals surface area contributed by atoms with Crippen LogP contribution < -0.4 is 0 Å². The van der Waals surface area contributed by atoms with Gasteiger partial charge in [0.2, 0.25) is 10.0 Å². The molecule has 1 heterocycles. The molecule has 1 fully saturated rings. The molecule has 0 bridgehead atoms. The average Bonchev–Trinajstić information content (AvgIpc) is 2.41. The molecule has 0 unspecified atom stereocenters. The summed E-state index contributed by atoms with van der Waals surface area (Å²) in [6.45, 7) is 3.25. The molecule has 5 nitrogen and oxygen atoms in total. The lowest BCUT2D eigenvalue weighted by Gasteiger charge is -2.36. The Morgan fingerprint density at radius 2 is 2.10 bits per heavy atom. The first-order valence-electron chi connectivity index (χ1n) is 6.76. The van der Waals surface area contributed by atoms with Crippen molar-refractivity contribution < 1.29 is 22.7 Å². The van der Waals surface area contributed by atoms with Crippen molar-refractivity contribution in [3.63, 3.8) is 0 Å². The molecule has 2 rings (SSSR count). The molecule has 0 spiro atoms. The van der Waals surface area contributed by atoms with E-state index >= 15 is 0 Å². The largest absolute Gasteiger partial charge is 0.481 e. The Balaban J connectivity index is 2.43. The highest BCUT2D eigenvalue weighted by Gasteiger charge is 2.40. The number of rotatable bonds is 3. The number of halogens is 1. The van der Waals surface area contributed by atoms with Crippen LogP contribution in [0.25, 0.3) is 0 Å². The summed E-state index contributed by atoms with van der Waals surface area (Å²) in [5.41, 5.74) is 0.0575. The van der Waals surface area contributed by atoms with Crippen molar-refractivity contribution in [3.05, 3.63) is 29.6 Å². The van der Waals surface area contributed by atoms with Crippen molar-refractivity contribution in [1.82, 2.24) is 4.31 Å². The van der Waals surface area contributed by atoms with Crippen LogP contribution in [0.5, 0.6) is 0 Å². The van der Waals surface area contributed by atoms with Crippen LogP contribution in [0.1, 0.15) is 25.3 Å². The van der Waals surface area contributed by atoms with Crippen LogP contribution in [-0.4, -0.2) is 36.4 Å². The molecule has 0 aromatic heterocycles. The first-order chi connectivity index (χ1) is 9.76. The van der Waals surface area contributed by atoms with Crippen LogP contribution in [0.15, 0.2) is 23.1 Å². The Bertz CT molecular complexity index is 659. The van der Waals surface area contributed by atoms with Crippen molar-refractivity contribution in [3.8, 4) is 0 Å². The molecule has 1 N–H and O–H groups in total. The summed E-state index contributed by atoms with van der Waals surface area (Å²) in [5, 5.41) is 9.18. The van der Waals surface area contributed by atoms with Gasteiger partial charge in [-0.1, -0.05) is 6.07 Å². The van der Waals surface area contributed by atoms with Gasteiger partial charge in [-0.3, -0.25) is 4.79 Å². The van der Waals surface area contributed by atoms with E-state index in [-0.39, 0.29) is 17.0 Å². The maximum Gasteiger partial charge on any atom is 0.308 e. The van der Waals surface area contributed by atoms with Gasteiger partial charge in [0.25, 0.3) is 0 Å². The first-order valence-corrected chi connectivity index (χ1v) is 8.20. The molecule has 116 valence electrons. The molecule has 2 atom stereocenters. The van der Waals surface area contributed by atoms with Crippen molar-refractivity contribution in [1.29, 1.82) is 0 Å². The third-order valence-electron chi connectivity index (χ3n) is 4.05. The molecule has 1 aliphatic rings. The summed E-state index contributed by atoms with van der Waals surface area (Å²) in [5.74, 6) is -2.32. The molecule has 1 aromatic carbocycles. The van der Waals surface area contributed by atoms with Crippen LogP contribution in [0.3, 0.4) is 0 Å². The Morgan fingerprint density at radius 3 is 2.71 bits per heavy atom. The molecule has 0 saturated carbocycles. The normalized spacial score (nSPS) is 24.0. The van der Waals surface area contributed by atoms with E-state index < -0.39 is 33.8 Å². The lowest BCUT2D eigenvalue weighted by Crippen LogP contribution is -2.49. The van der Waals surface area contributed by atoms with Crippen molar-refractivity contribution in [2.45, 2.75) is 37.6 Å². The topological polar surface area (TPSA) is 74.7 Å². The van der Waals surface area contributed by atoms with Gasteiger partial charge in [-0.2, -0.15) is 4.31 Å². The Morgan fingerprint density at radius 1 is 1.43 bits per heavy atom. The van der Waals surface area contributed by atoms with E-state index in [1.165, 1.54) is 29.4 Å². The average molecular weight is 315 g/mol. The van der Waals surface area contributed by atoms with Gasteiger partial charge >= 0.3 is 5.97 Å². The maximum atomic E-state index is 13.6. The number of nitrogens with zero attached hydrogens (tertiary/aromatic N) is 1. The molecule has 1 aliphatic heterocycles. The van der Waals surface area contributed by atoms with Crippen LogP contribution in [-0.2, 0) is 14.8 Å². The number of carboxylic acids is 1. The quantitative estimate of drug-likeness (QED) is 0.926. The first kappa shape index (κ1) is 15.9. The number of hydrogen-bond acceptors (Lipinski definition) is 3. The van der Waals surface area contributed by atoms with Crippen molar-refractivity contribution >= 4 is 16.0 Å². The van der Waals surface area contributed by atoms with E-state index in [2.05, 4.69) is 0 Å². The van der Waals surface area contributed by atoms with Crippen LogP contribution in [0.4, 0.5) is 4.39 Å². The second-order valence-electron chi connectivity index (χ2n) is 5.31. The number of hydrogen-bond donors (Lipinski definition) is 1.